The Hall–Kier alpha value is 0.160. The average molecular weight is 232 g/mol. The molecule has 2 atom stereocenters. The Labute approximate surface area is 115 Å². The van der Waals surface area contributed by atoms with Crippen molar-refractivity contribution < 1.29 is 28.1 Å². The van der Waals surface area contributed by atoms with E-state index < -0.39 is 23.8 Å². The van der Waals surface area contributed by atoms with Crippen LogP contribution >= 0.6 is 0 Å². The monoisotopic (exact) mass is 232 g/mol. The van der Waals surface area contributed by atoms with Crippen molar-refractivity contribution in [1.82, 2.24) is 0 Å². The maximum absolute atomic E-state index is 10.6. The molecule has 4 N–H and O–H groups in total. The Morgan fingerprint density at radius 3 is 1.50 bits per heavy atom. The van der Waals surface area contributed by atoms with Crippen LogP contribution in [0.25, 0.3) is 0 Å². The fourth-order valence-corrected chi connectivity index (χ4v) is 1.72. The summed E-state index contributed by atoms with van der Waals surface area (Å²) in [6.45, 7) is 0. The van der Waals surface area contributed by atoms with E-state index in [0.717, 1.165) is 12.8 Å². The zero-order valence-corrected chi connectivity index (χ0v) is 10.1. The van der Waals surface area contributed by atoms with Gasteiger partial charge in [-0.15, -0.1) is 0 Å². The van der Waals surface area contributed by atoms with E-state index in [0.29, 0.717) is 12.8 Å². The van der Waals surface area contributed by atoms with Crippen molar-refractivity contribution in [3.63, 3.8) is 0 Å². The van der Waals surface area contributed by atoms with Gasteiger partial charge in [-0.05, 0) is 12.8 Å². The second-order valence-corrected chi connectivity index (χ2v) is 3.17. The summed E-state index contributed by atoms with van der Waals surface area (Å²) in [5.74, 6) is -3.28. The molecule has 1 fully saturated rings. The van der Waals surface area contributed by atoms with Crippen LogP contribution in [0.2, 0.25) is 0 Å². The van der Waals surface area contributed by atoms with Crippen LogP contribution in [0.1, 0.15) is 28.5 Å². The molecule has 0 amide bonds. The molecule has 1 rings (SSSR count). The first-order chi connectivity index (χ1) is 5.63. The summed E-state index contributed by atoms with van der Waals surface area (Å²) in [7, 11) is 0. The molecule has 0 saturated heterocycles. The second-order valence-electron chi connectivity index (χ2n) is 3.17. The topological polar surface area (TPSA) is 106 Å². The quantitative estimate of drug-likeness (QED) is 0.652. The fraction of sp³-hybridized carbons (Fsp3) is 0.750. The molecule has 1 aliphatic carbocycles. The van der Waals surface area contributed by atoms with Gasteiger partial charge < -0.3 is 18.5 Å². The van der Waals surface area contributed by atoms with Gasteiger partial charge in [-0.25, -0.2) is 0 Å². The predicted molar refractivity (Wildman–Crippen MR) is 52.3 cm³/mol. The van der Waals surface area contributed by atoms with Crippen molar-refractivity contribution in [2.75, 3.05) is 0 Å². The van der Waals surface area contributed by atoms with Gasteiger partial charge in [0.2, 0.25) is 0 Å². The van der Waals surface area contributed by atoms with Crippen LogP contribution in [0, 0.1) is 11.8 Å². The number of rotatable bonds is 2. The standard InChI is InChI=1S/C8H12O4.Ca.H2O.2H/c9-7(10)5-3-1-2-4-6(5)8(11)12;;;;/h5-6H,1-4H2,(H,9,10)(H,11,12);;1H2;;/q;+2;;2*-1. The van der Waals surface area contributed by atoms with Gasteiger partial charge >= 0.3 is 49.7 Å². The number of carbonyl (C=O) groups is 2. The summed E-state index contributed by atoms with van der Waals surface area (Å²) in [6.07, 6.45) is 2.68. The molecule has 0 bridgehead atoms. The van der Waals surface area contributed by atoms with Crippen LogP contribution in [0.4, 0.5) is 0 Å². The van der Waals surface area contributed by atoms with Gasteiger partial charge in [0, 0.05) is 0 Å². The van der Waals surface area contributed by atoms with Crippen LogP contribution in [-0.2, 0) is 9.59 Å². The van der Waals surface area contributed by atoms with Gasteiger partial charge in [0.1, 0.15) is 0 Å². The molecule has 14 heavy (non-hydrogen) atoms. The largest absolute Gasteiger partial charge is 2.00 e. The van der Waals surface area contributed by atoms with E-state index in [1.54, 1.807) is 0 Å². The summed E-state index contributed by atoms with van der Waals surface area (Å²) in [4.78, 5) is 21.2. The van der Waals surface area contributed by atoms with Crippen LogP contribution < -0.4 is 0 Å². The Kier molecular flexibility index (Phi) is 8.83. The maximum atomic E-state index is 10.6. The van der Waals surface area contributed by atoms with E-state index in [2.05, 4.69) is 0 Å². The number of hydrogen-bond acceptors (Lipinski definition) is 2. The van der Waals surface area contributed by atoms with Gasteiger partial charge in [-0.1, -0.05) is 12.8 Å². The molecule has 80 valence electrons. The summed E-state index contributed by atoms with van der Waals surface area (Å²) >= 11 is 0. The molecule has 0 radical (unpaired) electrons. The molecule has 5 nitrogen and oxygen atoms in total. The first-order valence-electron chi connectivity index (χ1n) is 4.08. The third-order valence-electron chi connectivity index (χ3n) is 2.40. The van der Waals surface area contributed by atoms with E-state index in [4.69, 9.17) is 10.2 Å². The molecule has 1 saturated carbocycles. The molecule has 1 aliphatic rings. The minimum atomic E-state index is -0.970. The van der Waals surface area contributed by atoms with E-state index in [-0.39, 0.29) is 46.1 Å². The van der Waals surface area contributed by atoms with Crippen molar-refractivity contribution in [2.24, 2.45) is 11.8 Å². The zero-order chi connectivity index (χ0) is 9.14. The average Bonchev–Trinajstić information content (AvgIpc) is 2.04. The predicted octanol–water partition coefficient (Wildman–Crippen LogP) is -0.0185. The second kappa shape index (κ2) is 7.45. The molecule has 0 aliphatic heterocycles. The van der Waals surface area contributed by atoms with E-state index in [1.165, 1.54) is 0 Å². The maximum Gasteiger partial charge on any atom is 2.00 e. The molecular formula is C8H16CaO5. The Balaban J connectivity index is -0.000000180. The van der Waals surface area contributed by atoms with E-state index in [9.17, 15) is 9.59 Å². The van der Waals surface area contributed by atoms with Gasteiger partial charge in [-0.2, -0.15) is 0 Å². The van der Waals surface area contributed by atoms with Crippen LogP contribution in [0.5, 0.6) is 0 Å². The zero-order valence-electron chi connectivity index (χ0n) is 9.90. The van der Waals surface area contributed by atoms with Gasteiger partial charge in [-0.3, -0.25) is 9.59 Å². The molecule has 0 aromatic heterocycles. The van der Waals surface area contributed by atoms with Crippen molar-refractivity contribution >= 4 is 49.7 Å². The minimum Gasteiger partial charge on any atom is -1.00 e. The summed E-state index contributed by atoms with van der Waals surface area (Å²) in [5.41, 5.74) is 0. The summed E-state index contributed by atoms with van der Waals surface area (Å²) in [6, 6.07) is 0. The normalized spacial score (nSPS) is 25.4. The van der Waals surface area contributed by atoms with Gasteiger partial charge in [0.25, 0.3) is 0 Å². The minimum absolute atomic E-state index is 0. The molecule has 0 aromatic carbocycles. The number of aliphatic carboxylic acids is 2. The molecule has 0 heterocycles. The number of hydrogen-bond donors (Lipinski definition) is 2. The molecule has 0 aromatic rings. The first kappa shape index (κ1) is 16.6. The number of carboxylic acids is 2. The summed E-state index contributed by atoms with van der Waals surface area (Å²) in [5, 5.41) is 17.4. The van der Waals surface area contributed by atoms with Crippen LogP contribution in [0.15, 0.2) is 0 Å². The van der Waals surface area contributed by atoms with E-state index in [1.807, 2.05) is 0 Å². The van der Waals surface area contributed by atoms with Gasteiger partial charge in [0.05, 0.1) is 11.8 Å². The Bertz CT molecular complexity index is 193. The summed E-state index contributed by atoms with van der Waals surface area (Å²) < 4.78 is 0. The van der Waals surface area contributed by atoms with Crippen molar-refractivity contribution in [2.45, 2.75) is 25.7 Å². The van der Waals surface area contributed by atoms with E-state index >= 15 is 0 Å². The fourth-order valence-electron chi connectivity index (χ4n) is 1.72. The van der Waals surface area contributed by atoms with Crippen molar-refractivity contribution in [3.05, 3.63) is 0 Å². The Morgan fingerprint density at radius 1 is 1.00 bits per heavy atom. The van der Waals surface area contributed by atoms with Crippen LogP contribution in [0.3, 0.4) is 0 Å². The van der Waals surface area contributed by atoms with Gasteiger partial charge in [0.15, 0.2) is 0 Å². The molecule has 2 unspecified atom stereocenters. The van der Waals surface area contributed by atoms with Crippen molar-refractivity contribution in [1.29, 1.82) is 0 Å². The molecular weight excluding hydrogens is 216 g/mol. The Morgan fingerprint density at radius 2 is 1.29 bits per heavy atom. The SMILES string of the molecule is O.O=C(O)C1CCCCC1C(=O)O.[Ca+2].[H-].[H-]. The molecule has 6 heteroatoms. The third-order valence-corrected chi connectivity index (χ3v) is 2.40. The number of carboxylic acid groups (broad SMARTS) is 2. The smallest absolute Gasteiger partial charge is 1.00 e. The first-order valence-corrected chi connectivity index (χ1v) is 4.08. The van der Waals surface area contributed by atoms with Crippen molar-refractivity contribution in [3.8, 4) is 0 Å². The van der Waals surface area contributed by atoms with Crippen LogP contribution in [-0.4, -0.2) is 65.4 Å². The molecule has 0 spiro atoms. The third kappa shape index (κ3) is 4.13.